The van der Waals surface area contributed by atoms with Crippen molar-refractivity contribution in [1.29, 1.82) is 0 Å². The Labute approximate surface area is 140 Å². The van der Waals surface area contributed by atoms with Gasteiger partial charge >= 0.3 is 0 Å². The lowest BCUT2D eigenvalue weighted by Crippen LogP contribution is -2.20. The molecule has 0 aliphatic carbocycles. The molecule has 122 valence electrons. The van der Waals surface area contributed by atoms with Crippen LogP contribution < -0.4 is 4.90 Å². The Morgan fingerprint density at radius 1 is 1.12 bits per heavy atom. The van der Waals surface area contributed by atoms with Crippen molar-refractivity contribution in [3.63, 3.8) is 0 Å². The van der Waals surface area contributed by atoms with Gasteiger partial charge in [-0.3, -0.25) is 4.98 Å². The normalized spacial score (nSPS) is 10.6. The van der Waals surface area contributed by atoms with Gasteiger partial charge in [-0.2, -0.15) is 5.10 Å². The standard InChI is InChI=1S/C18H18FN5/c1-3-13-7-8-16(20-10-13)12-24(2)18-22-17(11-21-23-18)14-5-4-6-15(19)9-14/h4-11H,3,12H2,1-2H3. The van der Waals surface area contributed by atoms with Crippen molar-refractivity contribution < 1.29 is 4.39 Å². The molecule has 3 rings (SSSR count). The minimum Gasteiger partial charge on any atom is -0.337 e. The highest BCUT2D eigenvalue weighted by molar-refractivity contribution is 5.59. The lowest BCUT2D eigenvalue weighted by Gasteiger charge is -2.16. The van der Waals surface area contributed by atoms with Gasteiger partial charge in [0.05, 0.1) is 24.1 Å². The number of hydrogen-bond acceptors (Lipinski definition) is 5. The van der Waals surface area contributed by atoms with E-state index in [1.54, 1.807) is 12.1 Å². The summed E-state index contributed by atoms with van der Waals surface area (Å²) in [5.74, 6) is 0.166. The number of anilines is 1. The quantitative estimate of drug-likeness (QED) is 0.721. The Bertz CT molecular complexity index is 820. The van der Waals surface area contributed by atoms with Crippen molar-refractivity contribution in [3.8, 4) is 11.3 Å². The van der Waals surface area contributed by atoms with Crippen molar-refractivity contribution in [2.24, 2.45) is 0 Å². The molecule has 0 aliphatic heterocycles. The van der Waals surface area contributed by atoms with Gasteiger partial charge in [-0.1, -0.05) is 25.1 Å². The number of hydrogen-bond donors (Lipinski definition) is 0. The third-order valence-corrected chi connectivity index (χ3v) is 3.70. The average molecular weight is 323 g/mol. The van der Waals surface area contributed by atoms with Crippen LogP contribution in [-0.2, 0) is 13.0 Å². The van der Waals surface area contributed by atoms with Crippen LogP contribution in [0.25, 0.3) is 11.3 Å². The maximum Gasteiger partial charge on any atom is 0.246 e. The lowest BCUT2D eigenvalue weighted by atomic mass is 10.1. The van der Waals surface area contributed by atoms with Gasteiger partial charge in [0.2, 0.25) is 5.95 Å². The fraction of sp³-hybridized carbons (Fsp3) is 0.222. The number of pyridine rings is 1. The molecule has 0 atom stereocenters. The number of rotatable bonds is 5. The van der Waals surface area contributed by atoms with E-state index in [-0.39, 0.29) is 5.82 Å². The fourth-order valence-corrected chi connectivity index (χ4v) is 2.31. The molecule has 0 unspecified atom stereocenters. The first-order chi connectivity index (χ1) is 11.7. The molecule has 1 aromatic carbocycles. The second-order valence-corrected chi connectivity index (χ2v) is 5.52. The number of aryl methyl sites for hydroxylation is 1. The first-order valence-corrected chi connectivity index (χ1v) is 7.76. The second-order valence-electron chi connectivity index (χ2n) is 5.52. The van der Waals surface area contributed by atoms with Crippen LogP contribution in [-0.4, -0.2) is 27.2 Å². The Morgan fingerprint density at radius 3 is 2.71 bits per heavy atom. The molecule has 0 radical (unpaired) electrons. The Hall–Kier alpha value is -2.89. The monoisotopic (exact) mass is 323 g/mol. The van der Waals surface area contributed by atoms with Gasteiger partial charge in [-0.05, 0) is 30.2 Å². The lowest BCUT2D eigenvalue weighted by molar-refractivity contribution is 0.628. The molecule has 2 aromatic heterocycles. The Balaban J connectivity index is 1.79. The summed E-state index contributed by atoms with van der Waals surface area (Å²) in [5, 5.41) is 8.04. The molecule has 0 saturated carbocycles. The van der Waals surface area contributed by atoms with E-state index in [0.29, 0.717) is 23.8 Å². The number of halogens is 1. The van der Waals surface area contributed by atoms with Crippen LogP contribution in [0.3, 0.4) is 0 Å². The molecule has 24 heavy (non-hydrogen) atoms. The van der Waals surface area contributed by atoms with E-state index >= 15 is 0 Å². The van der Waals surface area contributed by atoms with Crippen molar-refractivity contribution >= 4 is 5.95 Å². The minimum atomic E-state index is -0.304. The zero-order chi connectivity index (χ0) is 16.9. The van der Waals surface area contributed by atoms with E-state index in [1.165, 1.54) is 23.9 Å². The summed E-state index contributed by atoms with van der Waals surface area (Å²) in [5.41, 5.74) is 3.38. The molecule has 2 heterocycles. The smallest absolute Gasteiger partial charge is 0.246 e. The Morgan fingerprint density at radius 2 is 2.00 bits per heavy atom. The largest absolute Gasteiger partial charge is 0.337 e. The molecule has 0 bridgehead atoms. The zero-order valence-corrected chi connectivity index (χ0v) is 13.6. The van der Waals surface area contributed by atoms with Gasteiger partial charge in [0.15, 0.2) is 0 Å². The van der Waals surface area contributed by atoms with Crippen LogP contribution in [0.4, 0.5) is 10.3 Å². The summed E-state index contributed by atoms with van der Waals surface area (Å²) in [6.07, 6.45) is 4.37. The predicted molar refractivity (Wildman–Crippen MR) is 90.9 cm³/mol. The van der Waals surface area contributed by atoms with Crippen molar-refractivity contribution in [2.45, 2.75) is 19.9 Å². The summed E-state index contributed by atoms with van der Waals surface area (Å²) in [7, 11) is 1.88. The van der Waals surface area contributed by atoms with Gasteiger partial charge in [0.25, 0.3) is 0 Å². The molecule has 0 aliphatic rings. The number of benzene rings is 1. The molecular weight excluding hydrogens is 305 g/mol. The predicted octanol–water partition coefficient (Wildman–Crippen LogP) is 3.27. The minimum absolute atomic E-state index is 0.304. The summed E-state index contributed by atoms with van der Waals surface area (Å²) in [6.45, 7) is 2.67. The topological polar surface area (TPSA) is 54.8 Å². The molecular formula is C18H18FN5. The molecule has 0 amide bonds. The molecule has 5 nitrogen and oxygen atoms in total. The highest BCUT2D eigenvalue weighted by Gasteiger charge is 2.09. The van der Waals surface area contributed by atoms with Gasteiger partial charge in [0.1, 0.15) is 5.82 Å². The van der Waals surface area contributed by atoms with Gasteiger partial charge in [-0.25, -0.2) is 9.37 Å². The van der Waals surface area contributed by atoms with Crippen LogP contribution in [0.2, 0.25) is 0 Å². The summed E-state index contributed by atoms with van der Waals surface area (Å²) in [6, 6.07) is 10.3. The molecule has 0 N–H and O–H groups in total. The molecule has 0 spiro atoms. The van der Waals surface area contributed by atoms with Crippen molar-refractivity contribution in [2.75, 3.05) is 11.9 Å². The first kappa shape index (κ1) is 16.0. The molecule has 0 fully saturated rings. The van der Waals surface area contributed by atoms with E-state index in [2.05, 4.69) is 33.2 Å². The van der Waals surface area contributed by atoms with E-state index < -0.39 is 0 Å². The van der Waals surface area contributed by atoms with Crippen LogP contribution in [0.1, 0.15) is 18.2 Å². The SMILES string of the molecule is CCc1ccc(CN(C)c2nncc(-c3cccc(F)c3)n2)nc1. The van der Waals surface area contributed by atoms with Crippen molar-refractivity contribution in [3.05, 3.63) is 65.9 Å². The molecule has 6 heteroatoms. The fourth-order valence-electron chi connectivity index (χ4n) is 2.31. The summed E-state index contributed by atoms with van der Waals surface area (Å²) in [4.78, 5) is 10.8. The third kappa shape index (κ3) is 3.71. The third-order valence-electron chi connectivity index (χ3n) is 3.70. The van der Waals surface area contributed by atoms with Gasteiger partial charge in [-0.15, -0.1) is 5.10 Å². The van der Waals surface area contributed by atoms with E-state index in [1.807, 2.05) is 24.2 Å². The van der Waals surface area contributed by atoms with Gasteiger partial charge in [0, 0.05) is 18.8 Å². The van der Waals surface area contributed by atoms with Crippen LogP contribution in [0.5, 0.6) is 0 Å². The Kier molecular flexibility index (Phi) is 4.74. The van der Waals surface area contributed by atoms with E-state index in [4.69, 9.17) is 0 Å². The summed E-state index contributed by atoms with van der Waals surface area (Å²) < 4.78 is 13.4. The first-order valence-electron chi connectivity index (χ1n) is 7.76. The highest BCUT2D eigenvalue weighted by atomic mass is 19.1. The maximum absolute atomic E-state index is 13.4. The number of nitrogens with zero attached hydrogens (tertiary/aromatic N) is 5. The van der Waals surface area contributed by atoms with Crippen LogP contribution >= 0.6 is 0 Å². The zero-order valence-electron chi connectivity index (χ0n) is 13.6. The molecule has 3 aromatic rings. The maximum atomic E-state index is 13.4. The van der Waals surface area contributed by atoms with Gasteiger partial charge < -0.3 is 4.90 Å². The average Bonchev–Trinajstić information content (AvgIpc) is 2.62. The van der Waals surface area contributed by atoms with Crippen LogP contribution in [0, 0.1) is 5.82 Å². The second kappa shape index (κ2) is 7.12. The number of aromatic nitrogens is 4. The highest BCUT2D eigenvalue weighted by Crippen LogP contribution is 2.19. The van der Waals surface area contributed by atoms with E-state index in [9.17, 15) is 4.39 Å². The molecule has 0 saturated heterocycles. The van der Waals surface area contributed by atoms with E-state index in [0.717, 1.165) is 12.1 Å². The van der Waals surface area contributed by atoms with Crippen LogP contribution in [0.15, 0.2) is 48.8 Å². The summed E-state index contributed by atoms with van der Waals surface area (Å²) >= 11 is 0. The van der Waals surface area contributed by atoms with Crippen molar-refractivity contribution in [1.82, 2.24) is 20.2 Å².